The van der Waals surface area contributed by atoms with Crippen molar-refractivity contribution in [1.82, 2.24) is 15.1 Å². The van der Waals surface area contributed by atoms with Crippen molar-refractivity contribution >= 4 is 11.8 Å². The van der Waals surface area contributed by atoms with Gasteiger partial charge in [-0.05, 0) is 45.5 Å². The second-order valence-corrected chi connectivity index (χ2v) is 6.44. The van der Waals surface area contributed by atoms with Gasteiger partial charge < -0.3 is 19.9 Å². The minimum absolute atomic E-state index is 0.0227. The highest BCUT2D eigenvalue weighted by Crippen LogP contribution is 2.18. The van der Waals surface area contributed by atoms with E-state index in [1.54, 1.807) is 11.8 Å². The average molecular weight is 347 g/mol. The van der Waals surface area contributed by atoms with Crippen LogP contribution in [0.2, 0.25) is 0 Å². The Morgan fingerprint density at radius 2 is 1.80 bits per heavy atom. The van der Waals surface area contributed by atoms with Gasteiger partial charge in [0.15, 0.2) is 6.10 Å². The third-order valence-electron chi connectivity index (χ3n) is 4.51. The van der Waals surface area contributed by atoms with Crippen molar-refractivity contribution in [2.75, 3.05) is 39.8 Å². The lowest BCUT2D eigenvalue weighted by Gasteiger charge is -2.36. The largest absolute Gasteiger partial charge is 0.481 e. The molecule has 0 bridgehead atoms. The Morgan fingerprint density at radius 1 is 1.16 bits per heavy atom. The molecule has 1 aromatic carbocycles. The number of ether oxygens (including phenoxy) is 1. The molecule has 138 valence electrons. The number of carbonyl (C=O) groups is 2. The van der Waals surface area contributed by atoms with Crippen LogP contribution >= 0.6 is 0 Å². The molecule has 0 aliphatic carbocycles. The molecule has 1 atom stereocenters. The monoisotopic (exact) mass is 347 g/mol. The lowest BCUT2D eigenvalue weighted by Crippen LogP contribution is -2.53. The highest BCUT2D eigenvalue weighted by atomic mass is 16.5. The summed E-state index contributed by atoms with van der Waals surface area (Å²) < 4.78 is 5.82. The summed E-state index contributed by atoms with van der Waals surface area (Å²) in [4.78, 5) is 28.4. The topological polar surface area (TPSA) is 61.9 Å². The number of benzene rings is 1. The van der Waals surface area contributed by atoms with Gasteiger partial charge in [0.2, 0.25) is 5.91 Å². The number of amides is 2. The second kappa shape index (κ2) is 9.42. The highest BCUT2D eigenvalue weighted by Gasteiger charge is 2.27. The van der Waals surface area contributed by atoms with E-state index >= 15 is 0 Å². The van der Waals surface area contributed by atoms with E-state index in [0.717, 1.165) is 24.3 Å². The van der Waals surface area contributed by atoms with Crippen LogP contribution in [-0.2, 0) is 9.59 Å². The maximum absolute atomic E-state index is 12.6. The minimum Gasteiger partial charge on any atom is -0.481 e. The number of hydrogen-bond acceptors (Lipinski definition) is 4. The van der Waals surface area contributed by atoms with Gasteiger partial charge in [0.1, 0.15) is 5.75 Å². The molecule has 1 N–H and O–H groups in total. The Bertz CT molecular complexity index is 583. The zero-order valence-electron chi connectivity index (χ0n) is 15.5. The summed E-state index contributed by atoms with van der Waals surface area (Å²) in [5, 5.41) is 3.05. The van der Waals surface area contributed by atoms with Crippen molar-refractivity contribution in [1.29, 1.82) is 0 Å². The van der Waals surface area contributed by atoms with E-state index in [2.05, 4.69) is 5.32 Å². The standard InChI is InChI=1S/C19H29N3O3/c1-15-7-4-5-8-17(15)25-16(2)19(24)22-13-11-21(12-14-22)18(23)9-6-10-20-3/h4-5,7-8,16,20H,6,9-14H2,1-3H3. The molecule has 6 heteroatoms. The molecule has 25 heavy (non-hydrogen) atoms. The van der Waals surface area contributed by atoms with E-state index < -0.39 is 6.10 Å². The predicted molar refractivity (Wildman–Crippen MR) is 97.6 cm³/mol. The molecule has 0 aromatic heterocycles. The lowest BCUT2D eigenvalue weighted by atomic mass is 10.2. The maximum atomic E-state index is 12.6. The summed E-state index contributed by atoms with van der Waals surface area (Å²) in [5.41, 5.74) is 1.01. The van der Waals surface area contributed by atoms with Crippen LogP contribution < -0.4 is 10.1 Å². The molecule has 1 saturated heterocycles. The van der Waals surface area contributed by atoms with E-state index in [1.807, 2.05) is 43.1 Å². The Balaban J connectivity index is 1.80. The van der Waals surface area contributed by atoms with Crippen LogP contribution in [-0.4, -0.2) is 67.5 Å². The van der Waals surface area contributed by atoms with Crippen LogP contribution in [0.5, 0.6) is 5.75 Å². The number of nitrogens with one attached hydrogen (secondary N) is 1. The van der Waals surface area contributed by atoms with E-state index in [4.69, 9.17) is 4.74 Å². The quantitative estimate of drug-likeness (QED) is 0.758. The van der Waals surface area contributed by atoms with Crippen molar-refractivity contribution in [3.8, 4) is 5.75 Å². The molecule has 1 aliphatic rings. The van der Waals surface area contributed by atoms with Gasteiger partial charge in [-0.3, -0.25) is 9.59 Å². The fourth-order valence-corrected chi connectivity index (χ4v) is 2.94. The number of piperazine rings is 1. The zero-order chi connectivity index (χ0) is 18.2. The first-order valence-corrected chi connectivity index (χ1v) is 8.96. The number of hydrogen-bond donors (Lipinski definition) is 1. The number of rotatable bonds is 7. The molecule has 1 heterocycles. The van der Waals surface area contributed by atoms with E-state index in [9.17, 15) is 9.59 Å². The van der Waals surface area contributed by atoms with E-state index in [-0.39, 0.29) is 11.8 Å². The molecule has 1 unspecified atom stereocenters. The van der Waals surface area contributed by atoms with Gasteiger partial charge in [-0.1, -0.05) is 18.2 Å². The molecule has 2 amide bonds. The van der Waals surface area contributed by atoms with Crippen LogP contribution in [0.25, 0.3) is 0 Å². The van der Waals surface area contributed by atoms with Crippen LogP contribution in [0.4, 0.5) is 0 Å². The van der Waals surface area contributed by atoms with Crippen LogP contribution in [0, 0.1) is 6.92 Å². The summed E-state index contributed by atoms with van der Waals surface area (Å²) in [6.45, 7) is 6.92. The van der Waals surface area contributed by atoms with Gasteiger partial charge in [-0.2, -0.15) is 0 Å². The van der Waals surface area contributed by atoms with Gasteiger partial charge in [0.25, 0.3) is 5.91 Å². The van der Waals surface area contributed by atoms with E-state index in [1.165, 1.54) is 0 Å². The normalized spacial score (nSPS) is 15.8. The Morgan fingerprint density at radius 3 is 2.44 bits per heavy atom. The van der Waals surface area contributed by atoms with E-state index in [0.29, 0.717) is 32.6 Å². The lowest BCUT2D eigenvalue weighted by molar-refractivity contribution is -0.143. The van der Waals surface area contributed by atoms with Crippen molar-refractivity contribution in [2.24, 2.45) is 0 Å². The molecule has 1 aliphatic heterocycles. The first kappa shape index (κ1) is 19.2. The molecular formula is C19H29N3O3. The van der Waals surface area contributed by atoms with Gasteiger partial charge in [0, 0.05) is 32.6 Å². The smallest absolute Gasteiger partial charge is 0.263 e. The van der Waals surface area contributed by atoms with Gasteiger partial charge in [-0.25, -0.2) is 0 Å². The van der Waals surface area contributed by atoms with Crippen LogP contribution in [0.1, 0.15) is 25.3 Å². The first-order chi connectivity index (χ1) is 12.0. The summed E-state index contributed by atoms with van der Waals surface area (Å²) in [7, 11) is 1.88. The molecule has 0 saturated carbocycles. The molecule has 1 aromatic rings. The predicted octanol–water partition coefficient (Wildman–Crippen LogP) is 1.43. The Kier molecular flexibility index (Phi) is 7.25. The summed E-state index contributed by atoms with van der Waals surface area (Å²) in [6.07, 6.45) is 0.871. The average Bonchev–Trinajstić information content (AvgIpc) is 2.63. The number of para-hydroxylation sites is 1. The second-order valence-electron chi connectivity index (χ2n) is 6.44. The molecule has 1 fully saturated rings. The maximum Gasteiger partial charge on any atom is 0.263 e. The minimum atomic E-state index is -0.529. The van der Waals surface area contributed by atoms with Crippen LogP contribution in [0.3, 0.4) is 0 Å². The SMILES string of the molecule is CNCCCC(=O)N1CCN(C(=O)C(C)Oc2ccccc2C)CC1. The fraction of sp³-hybridized carbons (Fsp3) is 0.579. The Labute approximate surface area is 150 Å². The Hall–Kier alpha value is -2.08. The van der Waals surface area contributed by atoms with Crippen molar-refractivity contribution in [3.05, 3.63) is 29.8 Å². The number of aryl methyl sites for hydroxylation is 1. The highest BCUT2D eigenvalue weighted by molar-refractivity contribution is 5.81. The summed E-state index contributed by atoms with van der Waals surface area (Å²) in [5.74, 6) is 0.888. The molecule has 0 spiro atoms. The van der Waals surface area contributed by atoms with Crippen LogP contribution in [0.15, 0.2) is 24.3 Å². The van der Waals surface area contributed by atoms with Gasteiger partial charge in [-0.15, -0.1) is 0 Å². The third-order valence-corrected chi connectivity index (χ3v) is 4.51. The van der Waals surface area contributed by atoms with Gasteiger partial charge >= 0.3 is 0 Å². The first-order valence-electron chi connectivity index (χ1n) is 8.96. The molecular weight excluding hydrogens is 318 g/mol. The number of nitrogens with zero attached hydrogens (tertiary/aromatic N) is 2. The summed E-state index contributed by atoms with van der Waals surface area (Å²) >= 11 is 0. The summed E-state index contributed by atoms with van der Waals surface area (Å²) in [6, 6.07) is 7.69. The molecule has 2 rings (SSSR count). The third kappa shape index (κ3) is 5.46. The fourth-order valence-electron chi connectivity index (χ4n) is 2.94. The zero-order valence-corrected chi connectivity index (χ0v) is 15.5. The van der Waals surface area contributed by atoms with Crippen molar-refractivity contribution < 1.29 is 14.3 Å². The van der Waals surface area contributed by atoms with Crippen molar-refractivity contribution in [3.63, 3.8) is 0 Å². The van der Waals surface area contributed by atoms with Crippen molar-refractivity contribution in [2.45, 2.75) is 32.8 Å². The van der Waals surface area contributed by atoms with Gasteiger partial charge in [0.05, 0.1) is 0 Å². The molecule has 0 radical (unpaired) electrons. The number of carbonyl (C=O) groups excluding carboxylic acids is 2. The molecule has 6 nitrogen and oxygen atoms in total.